The van der Waals surface area contributed by atoms with E-state index < -0.39 is 0 Å². The quantitative estimate of drug-likeness (QED) is 0.365. The molecule has 0 heterocycles. The molecule has 0 bridgehead atoms. The van der Waals surface area contributed by atoms with Crippen LogP contribution in [0.4, 0.5) is 0 Å². The molecule has 5 nitrogen and oxygen atoms in total. The number of ether oxygens (including phenoxy) is 2. The summed E-state index contributed by atoms with van der Waals surface area (Å²) in [5, 5.41) is 0. The number of amides is 1. The number of nitrogens with zero attached hydrogens (tertiary/aromatic N) is 1. The summed E-state index contributed by atoms with van der Waals surface area (Å²) >= 11 is 0. The summed E-state index contributed by atoms with van der Waals surface area (Å²) in [6.45, 7) is 8.90. The lowest BCUT2D eigenvalue weighted by Gasteiger charge is -2.22. The molecule has 0 radical (unpaired) electrons. The van der Waals surface area contributed by atoms with Gasteiger partial charge in [0.1, 0.15) is 0 Å². The average molecular weight is 315 g/mol. The molecular formula is C17H33NO4. The first-order valence-electron chi connectivity index (χ1n) is 8.66. The van der Waals surface area contributed by atoms with E-state index in [1.165, 1.54) is 0 Å². The van der Waals surface area contributed by atoms with Crippen molar-refractivity contribution in [2.45, 2.75) is 65.7 Å². The highest BCUT2D eigenvalue weighted by atomic mass is 16.5. The molecule has 1 amide bonds. The van der Waals surface area contributed by atoms with Crippen LogP contribution < -0.4 is 0 Å². The van der Waals surface area contributed by atoms with E-state index in [1.807, 2.05) is 0 Å². The fourth-order valence-electron chi connectivity index (χ4n) is 2.01. The fourth-order valence-corrected chi connectivity index (χ4v) is 2.01. The van der Waals surface area contributed by atoms with Gasteiger partial charge in [-0.2, -0.15) is 0 Å². The van der Waals surface area contributed by atoms with E-state index in [4.69, 9.17) is 9.47 Å². The summed E-state index contributed by atoms with van der Waals surface area (Å²) in [6, 6.07) is 0. The molecule has 0 fully saturated rings. The molecule has 0 spiro atoms. The van der Waals surface area contributed by atoms with Crippen molar-refractivity contribution in [1.82, 2.24) is 4.90 Å². The van der Waals surface area contributed by atoms with Crippen LogP contribution in [0.1, 0.15) is 65.7 Å². The first-order chi connectivity index (χ1) is 10.7. The van der Waals surface area contributed by atoms with Gasteiger partial charge >= 0.3 is 5.97 Å². The van der Waals surface area contributed by atoms with Gasteiger partial charge in [-0.3, -0.25) is 9.59 Å². The van der Waals surface area contributed by atoms with E-state index in [9.17, 15) is 9.59 Å². The molecule has 0 aromatic rings. The highest BCUT2D eigenvalue weighted by molar-refractivity contribution is 5.77. The van der Waals surface area contributed by atoms with Crippen molar-refractivity contribution >= 4 is 11.9 Å². The average Bonchev–Trinajstić information content (AvgIpc) is 2.51. The zero-order valence-electron chi connectivity index (χ0n) is 14.6. The summed E-state index contributed by atoms with van der Waals surface area (Å²) in [5.74, 6) is -0.116. The molecule has 5 heteroatoms. The van der Waals surface area contributed by atoms with Crippen molar-refractivity contribution in [3.8, 4) is 0 Å². The van der Waals surface area contributed by atoms with Crippen molar-refractivity contribution < 1.29 is 19.1 Å². The highest BCUT2D eigenvalue weighted by Crippen LogP contribution is 2.04. The normalized spacial score (nSPS) is 10.5. The lowest BCUT2D eigenvalue weighted by Crippen LogP contribution is -2.34. The third kappa shape index (κ3) is 11.5. The minimum absolute atomic E-state index is 0.125. The van der Waals surface area contributed by atoms with Gasteiger partial charge in [-0.1, -0.05) is 26.7 Å². The smallest absolute Gasteiger partial charge is 0.307 e. The van der Waals surface area contributed by atoms with Crippen molar-refractivity contribution in [3.63, 3.8) is 0 Å². The number of hydrogen-bond acceptors (Lipinski definition) is 4. The van der Waals surface area contributed by atoms with E-state index in [1.54, 1.807) is 11.8 Å². The zero-order valence-corrected chi connectivity index (χ0v) is 14.6. The molecule has 22 heavy (non-hydrogen) atoms. The summed E-state index contributed by atoms with van der Waals surface area (Å²) < 4.78 is 10.4. The van der Waals surface area contributed by atoms with Crippen LogP contribution in [0.5, 0.6) is 0 Å². The molecule has 130 valence electrons. The summed E-state index contributed by atoms with van der Waals surface area (Å²) in [4.78, 5) is 25.4. The van der Waals surface area contributed by atoms with Crippen LogP contribution in [0.2, 0.25) is 0 Å². The monoisotopic (exact) mass is 315 g/mol. The molecule has 0 aromatic heterocycles. The molecule has 0 aliphatic carbocycles. The first-order valence-corrected chi connectivity index (χ1v) is 8.66. The third-order valence-corrected chi connectivity index (χ3v) is 3.35. The summed E-state index contributed by atoms with van der Waals surface area (Å²) in [5.41, 5.74) is 0. The van der Waals surface area contributed by atoms with Crippen LogP contribution in [0.25, 0.3) is 0 Å². The van der Waals surface area contributed by atoms with E-state index >= 15 is 0 Å². The maximum atomic E-state index is 12.2. The second kappa shape index (κ2) is 14.8. The Hall–Kier alpha value is -1.10. The van der Waals surface area contributed by atoms with Crippen molar-refractivity contribution in [2.24, 2.45) is 0 Å². The predicted octanol–water partition coefficient (Wildman–Crippen LogP) is 3.17. The van der Waals surface area contributed by atoms with E-state index in [2.05, 4.69) is 13.8 Å². The number of rotatable bonds is 14. The topological polar surface area (TPSA) is 55.8 Å². The molecule has 0 aliphatic heterocycles. The van der Waals surface area contributed by atoms with Gasteiger partial charge in [0.2, 0.25) is 5.91 Å². The Morgan fingerprint density at radius 1 is 0.864 bits per heavy atom. The van der Waals surface area contributed by atoms with Crippen LogP contribution in [0, 0.1) is 0 Å². The van der Waals surface area contributed by atoms with E-state index in [-0.39, 0.29) is 18.3 Å². The van der Waals surface area contributed by atoms with Crippen LogP contribution in [-0.2, 0) is 19.1 Å². The zero-order chi connectivity index (χ0) is 16.6. The summed E-state index contributed by atoms with van der Waals surface area (Å²) in [6.07, 6.45) is 5.71. The molecule has 0 saturated carbocycles. The maximum absolute atomic E-state index is 12.2. The highest BCUT2D eigenvalue weighted by Gasteiger charge is 2.14. The Morgan fingerprint density at radius 2 is 1.55 bits per heavy atom. The Morgan fingerprint density at radius 3 is 2.18 bits per heavy atom. The van der Waals surface area contributed by atoms with Gasteiger partial charge in [-0.05, 0) is 26.2 Å². The van der Waals surface area contributed by atoms with Crippen molar-refractivity contribution in [1.29, 1.82) is 0 Å². The molecule has 0 aliphatic rings. The minimum Gasteiger partial charge on any atom is -0.466 e. The van der Waals surface area contributed by atoms with Gasteiger partial charge in [0, 0.05) is 32.7 Å². The van der Waals surface area contributed by atoms with Gasteiger partial charge in [0.25, 0.3) is 0 Å². The number of carbonyl (C=O) groups is 2. The lowest BCUT2D eigenvalue weighted by molar-refractivity contribution is -0.144. The number of unbranched alkanes of at least 4 members (excludes halogenated alkanes) is 2. The molecule has 0 saturated heterocycles. The standard InChI is InChI=1S/C17H33NO4/c1-4-7-10-16(19)18(13-11-17(20)22-6-3)12-9-15-21-14-8-5-2/h4-15H2,1-3H3. The van der Waals surface area contributed by atoms with Gasteiger partial charge in [0.15, 0.2) is 0 Å². The Labute approximate surface area is 135 Å². The van der Waals surface area contributed by atoms with Crippen molar-refractivity contribution in [2.75, 3.05) is 32.9 Å². The SMILES string of the molecule is CCCCOCCCN(CCC(=O)OCC)C(=O)CCCC. The molecular weight excluding hydrogens is 282 g/mol. The fraction of sp³-hybridized carbons (Fsp3) is 0.882. The molecule has 0 aromatic carbocycles. The minimum atomic E-state index is -0.241. The van der Waals surface area contributed by atoms with Crippen LogP contribution in [0.15, 0.2) is 0 Å². The van der Waals surface area contributed by atoms with Gasteiger partial charge in [-0.15, -0.1) is 0 Å². The summed E-state index contributed by atoms with van der Waals surface area (Å²) in [7, 11) is 0. The molecule has 0 unspecified atom stereocenters. The van der Waals surface area contributed by atoms with Crippen molar-refractivity contribution in [3.05, 3.63) is 0 Å². The van der Waals surface area contributed by atoms with Crippen LogP contribution >= 0.6 is 0 Å². The molecule has 0 atom stereocenters. The van der Waals surface area contributed by atoms with E-state index in [0.717, 1.165) is 38.7 Å². The van der Waals surface area contributed by atoms with Gasteiger partial charge in [0.05, 0.1) is 13.0 Å². The second-order valence-corrected chi connectivity index (χ2v) is 5.36. The lowest BCUT2D eigenvalue weighted by atomic mass is 10.2. The Bertz CT molecular complexity index is 294. The Balaban J connectivity index is 4.10. The molecule has 0 rings (SSSR count). The largest absolute Gasteiger partial charge is 0.466 e. The first kappa shape index (κ1) is 20.9. The van der Waals surface area contributed by atoms with E-state index in [0.29, 0.717) is 32.7 Å². The predicted molar refractivity (Wildman–Crippen MR) is 87.7 cm³/mol. The maximum Gasteiger partial charge on any atom is 0.307 e. The number of carbonyl (C=O) groups excluding carboxylic acids is 2. The van der Waals surface area contributed by atoms with Gasteiger partial charge in [-0.25, -0.2) is 0 Å². The van der Waals surface area contributed by atoms with Crippen LogP contribution in [0.3, 0.4) is 0 Å². The third-order valence-electron chi connectivity index (χ3n) is 3.35. The van der Waals surface area contributed by atoms with Gasteiger partial charge < -0.3 is 14.4 Å². The second-order valence-electron chi connectivity index (χ2n) is 5.36. The van der Waals surface area contributed by atoms with Crippen LogP contribution in [-0.4, -0.2) is 49.7 Å². The molecule has 0 N–H and O–H groups in total. The number of hydrogen-bond donors (Lipinski definition) is 0. The Kier molecular flexibility index (Phi) is 14.1. The number of esters is 1.